The van der Waals surface area contributed by atoms with E-state index in [0.717, 1.165) is 11.8 Å². The zero-order chi connectivity index (χ0) is 14.6. The van der Waals surface area contributed by atoms with Crippen molar-refractivity contribution in [2.75, 3.05) is 17.3 Å². The van der Waals surface area contributed by atoms with Gasteiger partial charge in [0.05, 0.1) is 9.82 Å². The van der Waals surface area contributed by atoms with E-state index >= 15 is 0 Å². The van der Waals surface area contributed by atoms with E-state index in [1.165, 1.54) is 12.1 Å². The highest BCUT2D eigenvalue weighted by Crippen LogP contribution is 2.27. The molecule has 3 N–H and O–H groups in total. The van der Waals surface area contributed by atoms with Crippen molar-refractivity contribution in [2.24, 2.45) is 5.14 Å². The van der Waals surface area contributed by atoms with Crippen molar-refractivity contribution < 1.29 is 13.3 Å². The fourth-order valence-electron chi connectivity index (χ4n) is 1.52. The third kappa shape index (κ3) is 4.37. The lowest BCUT2D eigenvalue weighted by molar-refractivity contribution is -0.384. The van der Waals surface area contributed by atoms with Crippen molar-refractivity contribution in [1.29, 1.82) is 0 Å². The quantitative estimate of drug-likeness (QED) is 0.606. The summed E-state index contributed by atoms with van der Waals surface area (Å²) in [5.41, 5.74) is -0.0292. The van der Waals surface area contributed by atoms with Crippen LogP contribution >= 0.6 is 11.8 Å². The van der Waals surface area contributed by atoms with Crippen molar-refractivity contribution in [3.05, 3.63) is 28.3 Å². The first kappa shape index (κ1) is 15.7. The van der Waals surface area contributed by atoms with Crippen molar-refractivity contribution in [3.63, 3.8) is 0 Å². The van der Waals surface area contributed by atoms with Crippen LogP contribution in [-0.2, 0) is 10.0 Å². The number of hydrogen-bond acceptors (Lipinski definition) is 6. The lowest BCUT2D eigenvalue weighted by Gasteiger charge is -2.14. The molecule has 19 heavy (non-hydrogen) atoms. The number of nitrogens with two attached hydrogens (primary N) is 1. The molecule has 0 aliphatic carbocycles. The monoisotopic (exact) mass is 305 g/mol. The molecule has 0 amide bonds. The summed E-state index contributed by atoms with van der Waals surface area (Å²) >= 11 is 1.60. The highest BCUT2D eigenvalue weighted by molar-refractivity contribution is 7.98. The number of anilines is 1. The zero-order valence-corrected chi connectivity index (χ0v) is 12.1. The van der Waals surface area contributed by atoms with E-state index in [4.69, 9.17) is 5.14 Å². The molecule has 0 fully saturated rings. The van der Waals surface area contributed by atoms with Crippen LogP contribution in [0.3, 0.4) is 0 Å². The Labute approximate surface area is 115 Å². The highest BCUT2D eigenvalue weighted by Gasteiger charge is 2.19. The van der Waals surface area contributed by atoms with Crippen molar-refractivity contribution in [3.8, 4) is 0 Å². The van der Waals surface area contributed by atoms with Crippen LogP contribution in [0.5, 0.6) is 0 Å². The highest BCUT2D eigenvalue weighted by atomic mass is 32.2. The van der Waals surface area contributed by atoms with Gasteiger partial charge in [-0.1, -0.05) is 0 Å². The number of hydrogen-bond donors (Lipinski definition) is 2. The van der Waals surface area contributed by atoms with Crippen molar-refractivity contribution in [1.82, 2.24) is 0 Å². The van der Waals surface area contributed by atoms with Crippen LogP contribution in [0.15, 0.2) is 23.1 Å². The van der Waals surface area contributed by atoms with Crippen LogP contribution in [0.1, 0.15) is 6.92 Å². The maximum atomic E-state index is 11.2. The summed E-state index contributed by atoms with van der Waals surface area (Å²) in [6.07, 6.45) is 1.93. The van der Waals surface area contributed by atoms with Gasteiger partial charge in [0.2, 0.25) is 10.0 Å². The molecule has 1 atom stereocenters. The third-order valence-corrected chi connectivity index (χ3v) is 4.06. The minimum Gasteiger partial charge on any atom is -0.376 e. The Hall–Kier alpha value is -1.32. The molecule has 0 saturated heterocycles. The Kier molecular flexibility index (Phi) is 5.15. The number of nitrogens with zero attached hydrogens (tertiary/aromatic N) is 1. The Morgan fingerprint density at radius 3 is 2.63 bits per heavy atom. The number of thioether (sulfide) groups is 1. The number of rotatable bonds is 6. The molecule has 1 aromatic rings. The molecule has 0 aliphatic heterocycles. The van der Waals surface area contributed by atoms with E-state index in [0.29, 0.717) is 0 Å². The van der Waals surface area contributed by atoms with Crippen LogP contribution in [0.4, 0.5) is 11.4 Å². The maximum absolute atomic E-state index is 11.2. The Morgan fingerprint density at radius 1 is 1.53 bits per heavy atom. The summed E-state index contributed by atoms with van der Waals surface area (Å²) in [4.78, 5) is 10.1. The predicted molar refractivity (Wildman–Crippen MR) is 75.9 cm³/mol. The standard InChI is InChI=1S/C10H15N3O4S2/c1-7(6-18-2)12-9-4-3-8(19(11,16)17)5-10(9)13(14)15/h3-5,7,12H,6H2,1-2H3,(H2,11,16,17). The summed E-state index contributed by atoms with van der Waals surface area (Å²) in [6, 6.07) is 3.59. The van der Waals surface area contributed by atoms with Gasteiger partial charge in [-0.2, -0.15) is 11.8 Å². The van der Waals surface area contributed by atoms with Gasteiger partial charge in [0.15, 0.2) is 0 Å². The number of primary sulfonamides is 1. The van der Waals surface area contributed by atoms with Gasteiger partial charge in [-0.05, 0) is 25.3 Å². The van der Waals surface area contributed by atoms with E-state index < -0.39 is 14.9 Å². The van der Waals surface area contributed by atoms with E-state index in [1.54, 1.807) is 11.8 Å². The van der Waals surface area contributed by atoms with Gasteiger partial charge in [-0.3, -0.25) is 10.1 Å². The third-order valence-electron chi connectivity index (χ3n) is 2.31. The molecule has 0 heterocycles. The van der Waals surface area contributed by atoms with Gasteiger partial charge in [0.25, 0.3) is 5.69 Å². The largest absolute Gasteiger partial charge is 0.376 e. The average Bonchev–Trinajstić information content (AvgIpc) is 2.27. The van der Waals surface area contributed by atoms with E-state index in [-0.39, 0.29) is 22.3 Å². The van der Waals surface area contributed by atoms with Crippen LogP contribution in [-0.4, -0.2) is 31.4 Å². The second kappa shape index (κ2) is 6.22. The number of nitro benzene ring substituents is 1. The molecule has 7 nitrogen and oxygen atoms in total. The molecule has 1 aromatic carbocycles. The molecule has 0 saturated carbocycles. The summed E-state index contributed by atoms with van der Waals surface area (Å²) < 4.78 is 22.4. The number of nitro groups is 1. The molecule has 0 radical (unpaired) electrons. The second-order valence-electron chi connectivity index (χ2n) is 3.98. The molecule has 0 aromatic heterocycles. The zero-order valence-electron chi connectivity index (χ0n) is 10.5. The van der Waals surface area contributed by atoms with Crippen molar-refractivity contribution >= 4 is 33.2 Å². The Bertz CT molecular complexity index is 574. The van der Waals surface area contributed by atoms with E-state index in [2.05, 4.69) is 5.32 Å². The molecule has 106 valence electrons. The van der Waals surface area contributed by atoms with Crippen LogP contribution in [0.25, 0.3) is 0 Å². The topological polar surface area (TPSA) is 115 Å². The smallest absolute Gasteiger partial charge is 0.293 e. The summed E-state index contributed by atoms with van der Waals surface area (Å²) in [7, 11) is -3.95. The molecule has 1 unspecified atom stereocenters. The first-order chi connectivity index (χ1) is 8.75. The maximum Gasteiger partial charge on any atom is 0.293 e. The Balaban J connectivity index is 3.16. The van der Waals surface area contributed by atoms with Crippen LogP contribution in [0.2, 0.25) is 0 Å². The molecular formula is C10H15N3O4S2. The van der Waals surface area contributed by atoms with Crippen LogP contribution in [0, 0.1) is 10.1 Å². The van der Waals surface area contributed by atoms with Crippen LogP contribution < -0.4 is 10.5 Å². The fourth-order valence-corrected chi connectivity index (χ4v) is 2.64. The molecular weight excluding hydrogens is 290 g/mol. The SMILES string of the molecule is CSCC(C)Nc1ccc(S(N)(=O)=O)cc1[N+](=O)[O-]. The van der Waals surface area contributed by atoms with Gasteiger partial charge < -0.3 is 5.32 Å². The minimum absolute atomic E-state index is 0.0223. The number of sulfonamides is 1. The summed E-state index contributed by atoms with van der Waals surface area (Å²) in [6.45, 7) is 1.88. The lowest BCUT2D eigenvalue weighted by Crippen LogP contribution is -2.19. The predicted octanol–water partition coefficient (Wildman–Crippen LogP) is 1.41. The van der Waals surface area contributed by atoms with E-state index in [9.17, 15) is 18.5 Å². The molecule has 9 heteroatoms. The molecule has 0 spiro atoms. The molecule has 1 rings (SSSR count). The van der Waals surface area contributed by atoms with Gasteiger partial charge in [-0.15, -0.1) is 0 Å². The number of benzene rings is 1. The van der Waals surface area contributed by atoms with Crippen molar-refractivity contribution in [2.45, 2.75) is 17.9 Å². The second-order valence-corrected chi connectivity index (χ2v) is 6.45. The Morgan fingerprint density at radius 2 is 2.16 bits per heavy atom. The summed E-state index contributed by atoms with van der Waals surface area (Å²) in [5.74, 6) is 0.772. The average molecular weight is 305 g/mol. The molecule has 0 bridgehead atoms. The minimum atomic E-state index is -3.95. The lowest BCUT2D eigenvalue weighted by atomic mass is 10.2. The van der Waals surface area contributed by atoms with Gasteiger partial charge in [0, 0.05) is 17.9 Å². The fraction of sp³-hybridized carbons (Fsp3) is 0.400. The number of nitrogens with one attached hydrogen (secondary N) is 1. The van der Waals surface area contributed by atoms with Gasteiger partial charge in [0.1, 0.15) is 5.69 Å². The normalized spacial score (nSPS) is 13.0. The van der Waals surface area contributed by atoms with E-state index in [1.807, 2.05) is 13.2 Å². The van der Waals surface area contributed by atoms with Gasteiger partial charge in [-0.25, -0.2) is 13.6 Å². The van der Waals surface area contributed by atoms with Gasteiger partial charge >= 0.3 is 0 Å². The molecule has 0 aliphatic rings. The first-order valence-corrected chi connectivity index (χ1v) is 8.26. The first-order valence-electron chi connectivity index (χ1n) is 5.32. The summed E-state index contributed by atoms with van der Waals surface area (Å²) in [5, 5.41) is 18.9.